The zero-order valence-corrected chi connectivity index (χ0v) is 10.1. The lowest BCUT2D eigenvalue weighted by atomic mass is 9.79. The van der Waals surface area contributed by atoms with Gasteiger partial charge in [0, 0.05) is 13.1 Å². The van der Waals surface area contributed by atoms with Crippen LogP contribution >= 0.6 is 0 Å². The average molecular weight is 257 g/mol. The van der Waals surface area contributed by atoms with Gasteiger partial charge in [0.25, 0.3) is 0 Å². The number of amides is 3. The van der Waals surface area contributed by atoms with E-state index >= 15 is 0 Å². The molecule has 0 unspecified atom stereocenters. The van der Waals surface area contributed by atoms with Gasteiger partial charge in [0.15, 0.2) is 0 Å². The van der Waals surface area contributed by atoms with Gasteiger partial charge in [-0.2, -0.15) is 0 Å². The van der Waals surface area contributed by atoms with Gasteiger partial charge >= 0.3 is 12.0 Å². The molecule has 1 rings (SSSR count). The molecule has 0 spiro atoms. The molecule has 1 aliphatic rings. The van der Waals surface area contributed by atoms with E-state index in [9.17, 15) is 14.4 Å². The summed E-state index contributed by atoms with van der Waals surface area (Å²) in [7, 11) is 0. The molecule has 0 aromatic rings. The van der Waals surface area contributed by atoms with E-state index in [1.54, 1.807) is 0 Å². The first-order valence-electron chi connectivity index (χ1n) is 6.06. The first-order chi connectivity index (χ1) is 8.52. The van der Waals surface area contributed by atoms with Crippen molar-refractivity contribution in [2.24, 2.45) is 17.6 Å². The zero-order valence-electron chi connectivity index (χ0n) is 10.1. The SMILES string of the molecule is NC(=O)NCCNC(=O)[C@@H]1CCCC[C@@H]1C(=O)O. The van der Waals surface area contributed by atoms with Crippen molar-refractivity contribution in [3.8, 4) is 0 Å². The van der Waals surface area contributed by atoms with Crippen LogP contribution in [0.2, 0.25) is 0 Å². The van der Waals surface area contributed by atoms with Gasteiger partial charge in [0.05, 0.1) is 11.8 Å². The smallest absolute Gasteiger partial charge is 0.312 e. The Kier molecular flexibility index (Phi) is 5.41. The molecular formula is C11H19N3O4. The zero-order chi connectivity index (χ0) is 13.5. The predicted octanol–water partition coefficient (Wildman–Crippen LogP) is -0.338. The molecule has 1 aliphatic carbocycles. The van der Waals surface area contributed by atoms with Crippen LogP contribution in [0.3, 0.4) is 0 Å². The molecule has 7 nitrogen and oxygen atoms in total. The van der Waals surface area contributed by atoms with Crippen molar-refractivity contribution in [3.05, 3.63) is 0 Å². The summed E-state index contributed by atoms with van der Waals surface area (Å²) >= 11 is 0. The Bertz CT molecular complexity index is 332. The first kappa shape index (κ1) is 14.3. The third-order valence-electron chi connectivity index (χ3n) is 3.14. The monoisotopic (exact) mass is 257 g/mol. The molecule has 1 fully saturated rings. The molecule has 1 saturated carbocycles. The normalized spacial score (nSPS) is 23.1. The van der Waals surface area contributed by atoms with E-state index in [0.717, 1.165) is 12.8 Å². The molecule has 3 amide bonds. The Hall–Kier alpha value is -1.79. The van der Waals surface area contributed by atoms with Gasteiger partial charge in [0.1, 0.15) is 0 Å². The van der Waals surface area contributed by atoms with Crippen molar-refractivity contribution in [2.75, 3.05) is 13.1 Å². The van der Waals surface area contributed by atoms with Gasteiger partial charge in [0.2, 0.25) is 5.91 Å². The van der Waals surface area contributed by atoms with E-state index in [-0.39, 0.29) is 19.0 Å². The molecule has 102 valence electrons. The number of rotatable bonds is 5. The molecule has 0 saturated heterocycles. The second-order valence-electron chi connectivity index (χ2n) is 4.42. The van der Waals surface area contributed by atoms with Crippen molar-refractivity contribution in [3.63, 3.8) is 0 Å². The number of nitrogens with two attached hydrogens (primary N) is 1. The van der Waals surface area contributed by atoms with Crippen molar-refractivity contribution in [1.29, 1.82) is 0 Å². The number of aliphatic carboxylic acids is 1. The number of carbonyl (C=O) groups is 3. The van der Waals surface area contributed by atoms with Gasteiger partial charge < -0.3 is 21.5 Å². The maximum absolute atomic E-state index is 11.8. The van der Waals surface area contributed by atoms with E-state index in [1.807, 2.05) is 0 Å². The molecule has 0 heterocycles. The highest BCUT2D eigenvalue weighted by Crippen LogP contribution is 2.30. The third-order valence-corrected chi connectivity index (χ3v) is 3.14. The summed E-state index contributed by atoms with van der Waals surface area (Å²) in [6.07, 6.45) is 2.88. The van der Waals surface area contributed by atoms with Crippen molar-refractivity contribution in [2.45, 2.75) is 25.7 Å². The van der Waals surface area contributed by atoms with Crippen LogP contribution in [0.1, 0.15) is 25.7 Å². The molecular weight excluding hydrogens is 238 g/mol. The van der Waals surface area contributed by atoms with Crippen LogP contribution in [0.25, 0.3) is 0 Å². The number of urea groups is 1. The lowest BCUT2D eigenvalue weighted by Crippen LogP contribution is -2.43. The quantitative estimate of drug-likeness (QED) is 0.503. The van der Waals surface area contributed by atoms with Gasteiger partial charge in [-0.3, -0.25) is 9.59 Å². The first-order valence-corrected chi connectivity index (χ1v) is 6.06. The number of carboxylic acids is 1. The molecule has 7 heteroatoms. The average Bonchev–Trinajstić information content (AvgIpc) is 2.34. The van der Waals surface area contributed by atoms with Gasteiger partial charge in [-0.15, -0.1) is 0 Å². The highest BCUT2D eigenvalue weighted by atomic mass is 16.4. The lowest BCUT2D eigenvalue weighted by Gasteiger charge is -2.27. The minimum atomic E-state index is -0.912. The van der Waals surface area contributed by atoms with Gasteiger partial charge in [-0.05, 0) is 12.8 Å². The number of primary amides is 1. The Morgan fingerprint density at radius 2 is 1.61 bits per heavy atom. The van der Waals surface area contributed by atoms with Crippen LogP contribution in [0.15, 0.2) is 0 Å². The number of carbonyl (C=O) groups excluding carboxylic acids is 2. The van der Waals surface area contributed by atoms with E-state index in [2.05, 4.69) is 10.6 Å². The summed E-state index contributed by atoms with van der Waals surface area (Å²) in [6, 6.07) is -0.648. The predicted molar refractivity (Wildman–Crippen MR) is 63.7 cm³/mol. The van der Waals surface area contributed by atoms with Crippen LogP contribution in [0.5, 0.6) is 0 Å². The molecule has 2 atom stereocenters. The number of nitrogens with one attached hydrogen (secondary N) is 2. The summed E-state index contributed by atoms with van der Waals surface area (Å²) in [6.45, 7) is 0.496. The highest BCUT2D eigenvalue weighted by Gasteiger charge is 2.35. The summed E-state index contributed by atoms with van der Waals surface area (Å²) in [5.74, 6) is -2.23. The largest absolute Gasteiger partial charge is 0.481 e. The van der Waals surface area contributed by atoms with Crippen LogP contribution in [0, 0.1) is 11.8 Å². The molecule has 0 aromatic heterocycles. The molecule has 5 N–H and O–H groups in total. The van der Waals surface area contributed by atoms with E-state index in [4.69, 9.17) is 10.8 Å². The minimum absolute atomic E-state index is 0.242. The Balaban J connectivity index is 2.38. The fourth-order valence-corrected chi connectivity index (χ4v) is 2.24. The fraction of sp³-hybridized carbons (Fsp3) is 0.727. The number of hydrogen-bond acceptors (Lipinski definition) is 3. The number of hydrogen-bond donors (Lipinski definition) is 4. The van der Waals surface area contributed by atoms with Gasteiger partial charge in [-0.25, -0.2) is 4.79 Å². The topological polar surface area (TPSA) is 122 Å². The van der Waals surface area contributed by atoms with Crippen molar-refractivity contribution >= 4 is 17.9 Å². The highest BCUT2D eigenvalue weighted by molar-refractivity contribution is 5.84. The summed E-state index contributed by atoms with van der Waals surface area (Å²) < 4.78 is 0. The van der Waals surface area contributed by atoms with Crippen LogP contribution in [0.4, 0.5) is 4.79 Å². The van der Waals surface area contributed by atoms with E-state index in [0.29, 0.717) is 12.8 Å². The van der Waals surface area contributed by atoms with Crippen molar-refractivity contribution in [1.82, 2.24) is 10.6 Å². The fourth-order valence-electron chi connectivity index (χ4n) is 2.24. The molecule has 0 aliphatic heterocycles. The Labute approximate surface area is 105 Å². The Morgan fingerprint density at radius 1 is 1.06 bits per heavy atom. The van der Waals surface area contributed by atoms with Crippen LogP contribution < -0.4 is 16.4 Å². The maximum atomic E-state index is 11.8. The molecule has 0 aromatic carbocycles. The van der Waals surface area contributed by atoms with Crippen LogP contribution in [-0.4, -0.2) is 36.1 Å². The lowest BCUT2D eigenvalue weighted by molar-refractivity contribution is -0.148. The van der Waals surface area contributed by atoms with Gasteiger partial charge in [-0.1, -0.05) is 12.8 Å². The second-order valence-corrected chi connectivity index (χ2v) is 4.42. The minimum Gasteiger partial charge on any atom is -0.481 e. The summed E-state index contributed by atoms with van der Waals surface area (Å²) in [5, 5.41) is 14.0. The number of carboxylic acid groups (broad SMARTS) is 1. The molecule has 18 heavy (non-hydrogen) atoms. The molecule has 0 radical (unpaired) electrons. The maximum Gasteiger partial charge on any atom is 0.312 e. The van der Waals surface area contributed by atoms with Crippen molar-refractivity contribution < 1.29 is 19.5 Å². The Morgan fingerprint density at radius 3 is 2.17 bits per heavy atom. The van der Waals surface area contributed by atoms with E-state index in [1.165, 1.54) is 0 Å². The van der Waals surface area contributed by atoms with Crippen LogP contribution in [-0.2, 0) is 9.59 Å². The summed E-state index contributed by atoms with van der Waals surface area (Å²) in [5.41, 5.74) is 4.87. The second kappa shape index (κ2) is 6.83. The standard InChI is InChI=1S/C11H19N3O4/c12-11(18)14-6-5-13-9(15)7-3-1-2-4-8(7)10(16)17/h7-8H,1-6H2,(H,13,15)(H,16,17)(H3,12,14,18)/t7-,8+/m1/s1. The van der Waals surface area contributed by atoms with E-state index < -0.39 is 23.8 Å². The summed E-state index contributed by atoms with van der Waals surface area (Å²) in [4.78, 5) is 33.3. The molecule has 0 bridgehead atoms. The third kappa shape index (κ3) is 4.23.